The van der Waals surface area contributed by atoms with Crippen LogP contribution >= 0.6 is 0 Å². The summed E-state index contributed by atoms with van der Waals surface area (Å²) in [6.45, 7) is 3.17. The fourth-order valence-electron chi connectivity index (χ4n) is 3.39. The van der Waals surface area contributed by atoms with E-state index in [1.807, 2.05) is 17.0 Å². The number of carbonyl (C=O) groups excluding carboxylic acids is 1. The summed E-state index contributed by atoms with van der Waals surface area (Å²) in [7, 11) is 1.56. The van der Waals surface area contributed by atoms with Crippen LogP contribution in [0.3, 0.4) is 0 Å². The molecule has 0 atom stereocenters. The molecule has 0 unspecified atom stereocenters. The third-order valence-electron chi connectivity index (χ3n) is 4.97. The molecule has 9 heteroatoms. The number of nitrogens with zero attached hydrogens (tertiary/aromatic N) is 6. The molecule has 2 heterocycles. The molecule has 0 bridgehead atoms. The van der Waals surface area contributed by atoms with E-state index in [0.717, 1.165) is 0 Å². The molecule has 2 aromatic carbocycles. The number of carbonyl (C=O) groups is 1. The summed E-state index contributed by atoms with van der Waals surface area (Å²) >= 11 is 0. The van der Waals surface area contributed by atoms with E-state index >= 15 is 0 Å². The lowest BCUT2D eigenvalue weighted by molar-refractivity contribution is 0.0621. The van der Waals surface area contributed by atoms with E-state index in [-0.39, 0.29) is 11.7 Å². The van der Waals surface area contributed by atoms with Gasteiger partial charge in [0, 0.05) is 26.2 Å². The first-order valence-corrected chi connectivity index (χ1v) is 9.33. The molecular formula is C20H21FN6O2. The Kier molecular flexibility index (Phi) is 5.48. The van der Waals surface area contributed by atoms with E-state index in [1.54, 1.807) is 36.1 Å². The van der Waals surface area contributed by atoms with Crippen molar-refractivity contribution in [3.05, 3.63) is 65.7 Å². The first-order valence-electron chi connectivity index (χ1n) is 9.33. The molecule has 1 aromatic heterocycles. The minimum absolute atomic E-state index is 0.0294. The van der Waals surface area contributed by atoms with E-state index in [4.69, 9.17) is 4.74 Å². The van der Waals surface area contributed by atoms with Crippen LogP contribution in [0.15, 0.2) is 48.5 Å². The Morgan fingerprint density at radius 2 is 1.79 bits per heavy atom. The van der Waals surface area contributed by atoms with Crippen LogP contribution in [0.25, 0.3) is 5.69 Å². The molecule has 29 heavy (non-hydrogen) atoms. The Hall–Kier alpha value is -3.33. The predicted molar refractivity (Wildman–Crippen MR) is 103 cm³/mol. The molecule has 0 radical (unpaired) electrons. The van der Waals surface area contributed by atoms with Crippen LogP contribution in [-0.2, 0) is 6.54 Å². The zero-order valence-corrected chi connectivity index (χ0v) is 16.0. The highest BCUT2D eigenvalue weighted by molar-refractivity contribution is 5.97. The summed E-state index contributed by atoms with van der Waals surface area (Å²) in [4.78, 5) is 16.9. The number of hydrogen-bond donors (Lipinski definition) is 0. The molecule has 1 amide bonds. The molecule has 1 aliphatic rings. The van der Waals surface area contributed by atoms with Gasteiger partial charge >= 0.3 is 0 Å². The average molecular weight is 396 g/mol. The van der Waals surface area contributed by atoms with Gasteiger partial charge in [-0.2, -0.15) is 4.68 Å². The van der Waals surface area contributed by atoms with Crippen molar-refractivity contribution in [2.24, 2.45) is 0 Å². The zero-order chi connectivity index (χ0) is 20.2. The van der Waals surface area contributed by atoms with E-state index in [9.17, 15) is 9.18 Å². The monoisotopic (exact) mass is 396 g/mol. The Balaban J connectivity index is 1.39. The SMILES string of the molecule is COc1ccccc1C(=O)N1CCN(Cc2nnnn2-c2ccc(F)cc2)CC1. The number of para-hydroxylation sites is 1. The van der Waals surface area contributed by atoms with Gasteiger partial charge in [-0.3, -0.25) is 9.69 Å². The van der Waals surface area contributed by atoms with Crippen molar-refractivity contribution in [2.75, 3.05) is 33.3 Å². The fourth-order valence-corrected chi connectivity index (χ4v) is 3.39. The van der Waals surface area contributed by atoms with E-state index in [2.05, 4.69) is 20.4 Å². The van der Waals surface area contributed by atoms with Crippen molar-refractivity contribution in [3.8, 4) is 11.4 Å². The van der Waals surface area contributed by atoms with Gasteiger partial charge in [-0.25, -0.2) is 4.39 Å². The number of methoxy groups -OCH3 is 1. The summed E-state index contributed by atoms with van der Waals surface area (Å²) < 4.78 is 20.1. The van der Waals surface area contributed by atoms with E-state index < -0.39 is 0 Å². The van der Waals surface area contributed by atoms with E-state index in [1.165, 1.54) is 12.1 Å². The highest BCUT2D eigenvalue weighted by Gasteiger charge is 2.25. The van der Waals surface area contributed by atoms with E-state index in [0.29, 0.717) is 55.5 Å². The number of ether oxygens (including phenoxy) is 1. The fraction of sp³-hybridized carbons (Fsp3) is 0.300. The number of aromatic nitrogens is 4. The zero-order valence-electron chi connectivity index (χ0n) is 16.0. The second-order valence-electron chi connectivity index (χ2n) is 6.75. The molecule has 1 aliphatic heterocycles. The van der Waals surface area contributed by atoms with Gasteiger partial charge in [-0.1, -0.05) is 12.1 Å². The number of rotatable bonds is 5. The summed E-state index contributed by atoms with van der Waals surface area (Å²) in [5.74, 6) is 0.914. The third kappa shape index (κ3) is 4.09. The molecule has 0 spiro atoms. The van der Waals surface area contributed by atoms with Crippen molar-refractivity contribution >= 4 is 5.91 Å². The molecular weight excluding hydrogens is 375 g/mol. The number of tetrazole rings is 1. The average Bonchev–Trinajstić information content (AvgIpc) is 3.22. The summed E-state index contributed by atoms with van der Waals surface area (Å²) in [5.41, 5.74) is 1.28. The second kappa shape index (κ2) is 8.36. The lowest BCUT2D eigenvalue weighted by Gasteiger charge is -2.34. The number of piperazine rings is 1. The quantitative estimate of drug-likeness (QED) is 0.654. The predicted octanol–water partition coefficient (Wildman–Crippen LogP) is 1.77. The van der Waals surface area contributed by atoms with Crippen molar-refractivity contribution < 1.29 is 13.9 Å². The Labute approximate surface area is 167 Å². The topological polar surface area (TPSA) is 76.4 Å². The van der Waals surface area contributed by atoms with Crippen LogP contribution in [0.2, 0.25) is 0 Å². The van der Waals surface area contributed by atoms with Crippen LogP contribution < -0.4 is 4.74 Å². The normalized spacial score (nSPS) is 14.8. The van der Waals surface area contributed by atoms with Gasteiger partial charge in [0.15, 0.2) is 5.82 Å². The number of benzene rings is 2. The highest BCUT2D eigenvalue weighted by atomic mass is 19.1. The van der Waals surface area contributed by atoms with Crippen LogP contribution in [0, 0.1) is 5.82 Å². The minimum Gasteiger partial charge on any atom is -0.496 e. The maximum atomic E-state index is 13.2. The van der Waals surface area contributed by atoms with Gasteiger partial charge in [-0.05, 0) is 46.8 Å². The Morgan fingerprint density at radius 3 is 2.52 bits per heavy atom. The maximum absolute atomic E-state index is 13.2. The summed E-state index contributed by atoms with van der Waals surface area (Å²) in [6.07, 6.45) is 0. The third-order valence-corrected chi connectivity index (χ3v) is 4.97. The summed E-state index contributed by atoms with van der Waals surface area (Å²) in [6, 6.07) is 13.3. The van der Waals surface area contributed by atoms with Crippen molar-refractivity contribution in [3.63, 3.8) is 0 Å². The van der Waals surface area contributed by atoms with Crippen molar-refractivity contribution in [1.82, 2.24) is 30.0 Å². The molecule has 150 valence electrons. The van der Waals surface area contributed by atoms with Crippen LogP contribution in [0.1, 0.15) is 16.2 Å². The summed E-state index contributed by atoms with van der Waals surface area (Å²) in [5, 5.41) is 11.9. The smallest absolute Gasteiger partial charge is 0.257 e. The van der Waals surface area contributed by atoms with Gasteiger partial charge in [0.25, 0.3) is 5.91 Å². The van der Waals surface area contributed by atoms with Gasteiger partial charge in [0.05, 0.1) is 24.9 Å². The minimum atomic E-state index is -0.306. The molecule has 1 saturated heterocycles. The molecule has 3 aromatic rings. The number of halogens is 1. The highest BCUT2D eigenvalue weighted by Crippen LogP contribution is 2.20. The van der Waals surface area contributed by atoms with Gasteiger partial charge in [-0.15, -0.1) is 5.10 Å². The number of amides is 1. The maximum Gasteiger partial charge on any atom is 0.257 e. The number of hydrogen-bond acceptors (Lipinski definition) is 6. The van der Waals surface area contributed by atoms with Crippen LogP contribution in [0.5, 0.6) is 5.75 Å². The molecule has 0 N–H and O–H groups in total. The van der Waals surface area contributed by atoms with Gasteiger partial charge < -0.3 is 9.64 Å². The van der Waals surface area contributed by atoms with Crippen LogP contribution in [0.4, 0.5) is 4.39 Å². The van der Waals surface area contributed by atoms with Gasteiger partial charge in [0.2, 0.25) is 0 Å². The molecule has 0 saturated carbocycles. The molecule has 1 fully saturated rings. The molecule has 8 nitrogen and oxygen atoms in total. The lowest BCUT2D eigenvalue weighted by atomic mass is 10.1. The molecule has 4 rings (SSSR count). The first kappa shape index (κ1) is 19.0. The Morgan fingerprint density at radius 1 is 1.07 bits per heavy atom. The second-order valence-corrected chi connectivity index (χ2v) is 6.75. The van der Waals surface area contributed by atoms with Crippen LogP contribution in [-0.4, -0.2) is 69.2 Å². The standard InChI is InChI=1S/C20H21FN6O2/c1-29-18-5-3-2-4-17(18)20(28)26-12-10-25(11-13-26)14-19-22-23-24-27(19)16-8-6-15(21)7-9-16/h2-9H,10-14H2,1H3. The Bertz CT molecular complexity index is 983. The van der Waals surface area contributed by atoms with Crippen molar-refractivity contribution in [2.45, 2.75) is 6.54 Å². The first-order chi connectivity index (χ1) is 14.2. The lowest BCUT2D eigenvalue weighted by Crippen LogP contribution is -2.48. The largest absolute Gasteiger partial charge is 0.496 e. The van der Waals surface area contributed by atoms with Crippen molar-refractivity contribution in [1.29, 1.82) is 0 Å². The molecule has 0 aliphatic carbocycles. The van der Waals surface area contributed by atoms with Gasteiger partial charge in [0.1, 0.15) is 11.6 Å².